The quantitative estimate of drug-likeness (QED) is 0.656. The van der Waals surface area contributed by atoms with Crippen molar-refractivity contribution in [1.82, 2.24) is 10.2 Å². The molecule has 170 valence electrons. The molecule has 0 aromatic heterocycles. The van der Waals surface area contributed by atoms with Crippen LogP contribution in [0.15, 0.2) is 24.3 Å². The fourth-order valence-electron chi connectivity index (χ4n) is 2.76. The normalized spacial score (nSPS) is 13.0. The molecule has 1 rings (SSSR count). The van der Waals surface area contributed by atoms with Gasteiger partial charge in [-0.3, -0.25) is 4.79 Å². The first kappa shape index (κ1) is 25.8. The van der Waals surface area contributed by atoms with E-state index in [4.69, 9.17) is 9.47 Å². The monoisotopic (exact) mass is 420 g/mol. The van der Waals surface area contributed by atoms with Gasteiger partial charge in [0.15, 0.2) is 0 Å². The van der Waals surface area contributed by atoms with Gasteiger partial charge in [0.1, 0.15) is 23.0 Å². The minimum Gasteiger partial charge on any atom is -0.488 e. The van der Waals surface area contributed by atoms with Gasteiger partial charge in [-0.2, -0.15) is 0 Å². The van der Waals surface area contributed by atoms with Crippen LogP contribution in [-0.2, 0) is 16.0 Å². The Morgan fingerprint density at radius 2 is 1.57 bits per heavy atom. The number of nitrogens with zero attached hydrogens (tertiary/aromatic N) is 1. The van der Waals surface area contributed by atoms with Gasteiger partial charge in [0.25, 0.3) is 0 Å². The van der Waals surface area contributed by atoms with E-state index < -0.39 is 17.7 Å². The number of amides is 2. The number of likely N-dealkylation sites (N-methyl/N-ethyl adjacent to an activating group) is 1. The van der Waals surface area contributed by atoms with E-state index in [1.807, 2.05) is 45.0 Å². The molecule has 6 heteroatoms. The lowest BCUT2D eigenvalue weighted by Gasteiger charge is -2.27. The van der Waals surface area contributed by atoms with Crippen molar-refractivity contribution < 1.29 is 19.1 Å². The molecule has 0 saturated heterocycles. The average molecular weight is 421 g/mol. The van der Waals surface area contributed by atoms with Crippen LogP contribution in [-0.4, -0.2) is 47.7 Å². The van der Waals surface area contributed by atoms with Crippen LogP contribution in [0.25, 0.3) is 0 Å². The minimum absolute atomic E-state index is 0.128. The van der Waals surface area contributed by atoms with E-state index in [0.29, 0.717) is 18.9 Å². The van der Waals surface area contributed by atoms with Crippen LogP contribution in [0.5, 0.6) is 5.75 Å². The van der Waals surface area contributed by atoms with Crippen molar-refractivity contribution in [2.24, 2.45) is 5.92 Å². The highest BCUT2D eigenvalue weighted by atomic mass is 16.6. The van der Waals surface area contributed by atoms with Crippen molar-refractivity contribution in [3.63, 3.8) is 0 Å². The topological polar surface area (TPSA) is 67.9 Å². The second kappa shape index (κ2) is 10.7. The molecule has 0 heterocycles. The van der Waals surface area contributed by atoms with Crippen LogP contribution in [0.1, 0.15) is 67.4 Å². The maximum Gasteiger partial charge on any atom is 0.408 e. The highest BCUT2D eigenvalue weighted by molar-refractivity contribution is 5.86. The molecule has 1 aromatic carbocycles. The highest BCUT2D eigenvalue weighted by Crippen LogP contribution is 2.19. The van der Waals surface area contributed by atoms with Crippen LogP contribution in [0.4, 0.5) is 4.79 Å². The third kappa shape index (κ3) is 10.5. The number of rotatable bonds is 8. The molecule has 1 N–H and O–H groups in total. The number of hydrogen-bond donors (Lipinski definition) is 1. The van der Waals surface area contributed by atoms with Gasteiger partial charge >= 0.3 is 6.09 Å². The van der Waals surface area contributed by atoms with Crippen LogP contribution in [0.3, 0.4) is 0 Å². The molecular weight excluding hydrogens is 380 g/mol. The van der Waals surface area contributed by atoms with Gasteiger partial charge in [0.2, 0.25) is 5.91 Å². The molecule has 0 bridgehead atoms. The number of benzene rings is 1. The summed E-state index contributed by atoms with van der Waals surface area (Å²) in [4.78, 5) is 27.1. The molecule has 6 nitrogen and oxygen atoms in total. The van der Waals surface area contributed by atoms with Gasteiger partial charge in [-0.25, -0.2) is 4.79 Å². The number of carbonyl (C=O) groups excluding carboxylic acids is 2. The van der Waals surface area contributed by atoms with Crippen LogP contribution >= 0.6 is 0 Å². The highest BCUT2D eigenvalue weighted by Gasteiger charge is 2.27. The Kier molecular flexibility index (Phi) is 9.19. The maximum atomic E-state index is 13.0. The van der Waals surface area contributed by atoms with E-state index in [0.717, 1.165) is 17.7 Å². The summed E-state index contributed by atoms with van der Waals surface area (Å²) in [6.45, 7) is 16.3. The lowest BCUT2D eigenvalue weighted by molar-refractivity contribution is -0.132. The maximum absolute atomic E-state index is 13.0. The third-order valence-corrected chi connectivity index (χ3v) is 4.19. The van der Waals surface area contributed by atoms with Gasteiger partial charge in [0, 0.05) is 20.0 Å². The first-order valence-electron chi connectivity index (χ1n) is 10.7. The predicted octanol–water partition coefficient (Wildman–Crippen LogP) is 4.80. The fourth-order valence-corrected chi connectivity index (χ4v) is 2.76. The summed E-state index contributed by atoms with van der Waals surface area (Å²) in [5, 5.41) is 2.76. The SMILES string of the molecule is CC(C)CCN(C)C(=O)C(Cc1ccc(OC(C)(C)C)cc1)NC(=O)OC(C)(C)C. The lowest BCUT2D eigenvalue weighted by Crippen LogP contribution is -2.50. The van der Waals surface area contributed by atoms with Crippen molar-refractivity contribution in [2.75, 3.05) is 13.6 Å². The zero-order valence-corrected chi connectivity index (χ0v) is 20.2. The molecule has 0 aliphatic heterocycles. The summed E-state index contributed by atoms with van der Waals surface area (Å²) >= 11 is 0. The van der Waals surface area contributed by atoms with Gasteiger partial charge in [-0.15, -0.1) is 0 Å². The third-order valence-electron chi connectivity index (χ3n) is 4.19. The summed E-state index contributed by atoms with van der Waals surface area (Å²) in [6, 6.07) is 6.92. The number of nitrogens with one attached hydrogen (secondary N) is 1. The number of hydrogen-bond acceptors (Lipinski definition) is 4. The number of carbonyl (C=O) groups is 2. The second-order valence-corrected chi connectivity index (χ2v) is 10.2. The van der Waals surface area contributed by atoms with Crippen LogP contribution in [0.2, 0.25) is 0 Å². The second-order valence-electron chi connectivity index (χ2n) is 10.2. The Morgan fingerprint density at radius 1 is 1.00 bits per heavy atom. The van der Waals surface area contributed by atoms with Crippen molar-refractivity contribution >= 4 is 12.0 Å². The van der Waals surface area contributed by atoms with E-state index >= 15 is 0 Å². The molecule has 0 aliphatic carbocycles. The van der Waals surface area contributed by atoms with Gasteiger partial charge in [0.05, 0.1) is 0 Å². The summed E-state index contributed by atoms with van der Waals surface area (Å²) in [5.74, 6) is 1.13. The molecule has 2 amide bonds. The fraction of sp³-hybridized carbons (Fsp3) is 0.667. The molecular formula is C24H40N2O4. The Bertz CT molecular complexity index is 685. The van der Waals surface area contributed by atoms with E-state index in [1.165, 1.54) is 0 Å². The first-order chi connectivity index (χ1) is 13.7. The van der Waals surface area contributed by atoms with Crippen molar-refractivity contribution in [1.29, 1.82) is 0 Å². The molecule has 0 radical (unpaired) electrons. The van der Waals surface area contributed by atoms with Gasteiger partial charge in [-0.05, 0) is 71.6 Å². The lowest BCUT2D eigenvalue weighted by atomic mass is 10.0. The number of ether oxygens (including phenoxy) is 2. The Balaban J connectivity index is 2.93. The zero-order chi connectivity index (χ0) is 23.1. The molecule has 0 saturated carbocycles. The van der Waals surface area contributed by atoms with E-state index in [-0.39, 0.29) is 11.5 Å². The molecule has 0 aliphatic rings. The zero-order valence-electron chi connectivity index (χ0n) is 20.2. The summed E-state index contributed by atoms with van der Waals surface area (Å²) < 4.78 is 11.2. The van der Waals surface area contributed by atoms with Gasteiger partial charge < -0.3 is 19.7 Å². The van der Waals surface area contributed by atoms with Gasteiger partial charge in [-0.1, -0.05) is 26.0 Å². The van der Waals surface area contributed by atoms with E-state index in [9.17, 15) is 9.59 Å². The summed E-state index contributed by atoms with van der Waals surface area (Å²) in [6.07, 6.45) is 0.686. The van der Waals surface area contributed by atoms with E-state index in [2.05, 4.69) is 19.2 Å². The molecule has 0 spiro atoms. The summed E-state index contributed by atoms with van der Waals surface area (Å²) in [7, 11) is 1.77. The molecule has 1 atom stereocenters. The average Bonchev–Trinajstić information content (AvgIpc) is 2.57. The summed E-state index contributed by atoms with van der Waals surface area (Å²) in [5.41, 5.74) is 0.0211. The van der Waals surface area contributed by atoms with Crippen LogP contribution in [0, 0.1) is 5.92 Å². The predicted molar refractivity (Wildman–Crippen MR) is 121 cm³/mol. The molecule has 1 aromatic rings. The Hall–Kier alpha value is -2.24. The van der Waals surface area contributed by atoms with Crippen LogP contribution < -0.4 is 10.1 Å². The Labute approximate surface area is 182 Å². The first-order valence-corrected chi connectivity index (χ1v) is 10.7. The standard InChI is InChI=1S/C24H40N2O4/c1-17(2)14-15-26(9)21(27)20(25-22(28)30-24(6,7)8)16-18-10-12-19(13-11-18)29-23(3,4)5/h10-13,17,20H,14-16H2,1-9H3,(H,25,28). The van der Waals surface area contributed by atoms with Crippen molar-refractivity contribution in [3.8, 4) is 5.75 Å². The number of alkyl carbamates (subject to hydrolysis) is 1. The van der Waals surface area contributed by atoms with E-state index in [1.54, 1.807) is 32.7 Å². The van der Waals surface area contributed by atoms with Crippen molar-refractivity contribution in [3.05, 3.63) is 29.8 Å². The Morgan fingerprint density at radius 3 is 2.03 bits per heavy atom. The smallest absolute Gasteiger partial charge is 0.408 e. The molecule has 30 heavy (non-hydrogen) atoms. The molecule has 0 fully saturated rings. The minimum atomic E-state index is -0.702. The molecule has 1 unspecified atom stereocenters. The van der Waals surface area contributed by atoms with Crippen molar-refractivity contribution in [2.45, 2.75) is 85.5 Å². The largest absolute Gasteiger partial charge is 0.488 e.